The van der Waals surface area contributed by atoms with Gasteiger partial charge in [-0.25, -0.2) is 9.38 Å². The molecule has 1 atom stereocenters. The summed E-state index contributed by atoms with van der Waals surface area (Å²) in [6, 6.07) is 10.9. The second-order valence-electron chi connectivity index (χ2n) is 7.16. The summed E-state index contributed by atoms with van der Waals surface area (Å²) in [7, 11) is 0. The molecule has 5 nitrogen and oxygen atoms in total. The number of hydrogen-bond acceptors (Lipinski definition) is 4. The minimum Gasteiger partial charge on any atom is -0.494 e. The van der Waals surface area contributed by atoms with Crippen molar-refractivity contribution in [3.8, 4) is 5.88 Å². The van der Waals surface area contributed by atoms with Gasteiger partial charge in [0.05, 0.1) is 5.56 Å². The number of nitrogens with two attached hydrogens (primary N) is 1. The predicted octanol–water partition coefficient (Wildman–Crippen LogP) is 3.27. The first-order chi connectivity index (χ1) is 12.5. The largest absolute Gasteiger partial charge is 0.494 e. The summed E-state index contributed by atoms with van der Waals surface area (Å²) in [4.78, 5) is 4.66. The zero-order valence-corrected chi connectivity index (χ0v) is 14.4. The van der Waals surface area contributed by atoms with Crippen molar-refractivity contribution in [1.29, 1.82) is 0 Å². The maximum Gasteiger partial charge on any atom is 0.199 e. The molecule has 2 aliphatic heterocycles. The van der Waals surface area contributed by atoms with Gasteiger partial charge in [-0.05, 0) is 24.6 Å². The number of hydrogen-bond donors (Lipinski definition) is 3. The van der Waals surface area contributed by atoms with Gasteiger partial charge < -0.3 is 20.7 Å². The summed E-state index contributed by atoms with van der Waals surface area (Å²) >= 11 is 0. The Morgan fingerprint density at radius 3 is 2.92 bits per heavy atom. The molecular formula is C20H19FN4O. The third kappa shape index (κ3) is 1.92. The van der Waals surface area contributed by atoms with E-state index in [-0.39, 0.29) is 11.7 Å². The third-order valence-electron chi connectivity index (χ3n) is 5.57. The maximum atomic E-state index is 14.1. The van der Waals surface area contributed by atoms with E-state index < -0.39 is 5.66 Å². The van der Waals surface area contributed by atoms with Crippen LogP contribution < -0.4 is 11.1 Å². The molecule has 2 aliphatic rings. The highest BCUT2D eigenvalue weighted by Gasteiger charge is 2.40. The standard InChI is InChI=1S/C20H19FN4O/c1-11-4-2-5-12-15-10-20(8-9-25(15)19(26)16(11)12)23-14-7-3-6-13(21)17(14)18(22)24-20/h2-7,23,26H,8-10H2,1H3,(H2,22,24)/t20-/m1/s1. The Labute approximate surface area is 150 Å². The molecule has 3 heterocycles. The normalized spacial score (nSPS) is 21.2. The van der Waals surface area contributed by atoms with Crippen LogP contribution in [0.5, 0.6) is 5.88 Å². The number of halogens is 1. The number of anilines is 1. The van der Waals surface area contributed by atoms with Gasteiger partial charge in [0.2, 0.25) is 0 Å². The van der Waals surface area contributed by atoms with Crippen molar-refractivity contribution >= 4 is 22.3 Å². The zero-order valence-electron chi connectivity index (χ0n) is 14.4. The molecule has 2 aromatic carbocycles. The first kappa shape index (κ1) is 15.3. The predicted molar refractivity (Wildman–Crippen MR) is 100 cm³/mol. The monoisotopic (exact) mass is 350 g/mol. The Hall–Kier alpha value is -3.02. The number of benzene rings is 2. The quantitative estimate of drug-likeness (QED) is 0.582. The Balaban J connectivity index is 1.66. The summed E-state index contributed by atoms with van der Waals surface area (Å²) in [5, 5.41) is 16.0. The average molecular weight is 350 g/mol. The number of rotatable bonds is 0. The Bertz CT molecular complexity index is 1100. The molecule has 0 radical (unpaired) electrons. The third-order valence-corrected chi connectivity index (χ3v) is 5.57. The molecule has 0 aliphatic carbocycles. The Morgan fingerprint density at radius 1 is 1.27 bits per heavy atom. The summed E-state index contributed by atoms with van der Waals surface area (Å²) in [5.41, 5.74) is 8.58. The van der Waals surface area contributed by atoms with E-state index in [2.05, 4.69) is 10.3 Å². The molecular weight excluding hydrogens is 331 g/mol. The van der Waals surface area contributed by atoms with E-state index >= 15 is 0 Å². The Kier molecular flexibility index (Phi) is 2.93. The molecule has 0 bridgehead atoms. The van der Waals surface area contributed by atoms with E-state index in [0.717, 1.165) is 22.0 Å². The highest BCUT2D eigenvalue weighted by Crippen LogP contribution is 2.42. The number of fused-ring (bicyclic) bond motifs is 4. The van der Waals surface area contributed by atoms with Crippen LogP contribution in [0.3, 0.4) is 0 Å². The van der Waals surface area contributed by atoms with Crippen molar-refractivity contribution in [2.24, 2.45) is 10.7 Å². The second kappa shape index (κ2) is 5.00. The van der Waals surface area contributed by atoms with Gasteiger partial charge in [0, 0.05) is 41.5 Å². The zero-order chi connectivity index (χ0) is 18.1. The molecule has 0 fully saturated rings. The highest BCUT2D eigenvalue weighted by atomic mass is 19.1. The molecule has 1 aromatic heterocycles. The van der Waals surface area contributed by atoms with Crippen molar-refractivity contribution in [1.82, 2.24) is 4.57 Å². The van der Waals surface area contributed by atoms with Gasteiger partial charge in [-0.15, -0.1) is 0 Å². The van der Waals surface area contributed by atoms with Gasteiger partial charge >= 0.3 is 0 Å². The van der Waals surface area contributed by atoms with Crippen LogP contribution in [0.2, 0.25) is 0 Å². The smallest absolute Gasteiger partial charge is 0.199 e. The van der Waals surface area contributed by atoms with Crippen LogP contribution >= 0.6 is 0 Å². The highest BCUT2D eigenvalue weighted by molar-refractivity contribution is 6.04. The number of nitrogens with one attached hydrogen (secondary N) is 1. The van der Waals surface area contributed by atoms with Crippen LogP contribution in [-0.2, 0) is 13.0 Å². The van der Waals surface area contributed by atoms with Gasteiger partial charge in [-0.2, -0.15) is 0 Å². The first-order valence-electron chi connectivity index (χ1n) is 8.71. The van der Waals surface area contributed by atoms with E-state index in [0.29, 0.717) is 36.5 Å². The number of aromatic nitrogens is 1. The van der Waals surface area contributed by atoms with Crippen LogP contribution in [0.15, 0.2) is 41.4 Å². The molecule has 0 amide bonds. The molecule has 0 saturated heterocycles. The number of amidine groups is 1. The number of aromatic hydroxyl groups is 1. The van der Waals surface area contributed by atoms with E-state index in [9.17, 15) is 9.50 Å². The molecule has 0 saturated carbocycles. The average Bonchev–Trinajstić information content (AvgIpc) is 2.87. The van der Waals surface area contributed by atoms with E-state index in [1.54, 1.807) is 6.07 Å². The fourth-order valence-corrected chi connectivity index (χ4v) is 4.36. The van der Waals surface area contributed by atoms with Crippen molar-refractivity contribution in [3.05, 3.63) is 59.0 Å². The lowest BCUT2D eigenvalue weighted by atomic mass is 9.91. The molecule has 0 unspecified atom stereocenters. The van der Waals surface area contributed by atoms with Gasteiger partial charge in [0.25, 0.3) is 0 Å². The van der Waals surface area contributed by atoms with Crippen LogP contribution in [0.1, 0.15) is 23.2 Å². The summed E-state index contributed by atoms with van der Waals surface area (Å²) in [6.07, 6.45) is 1.23. The van der Waals surface area contributed by atoms with Crippen LogP contribution in [0.4, 0.5) is 10.1 Å². The minimum absolute atomic E-state index is 0.224. The van der Waals surface area contributed by atoms with Gasteiger partial charge in [-0.1, -0.05) is 24.3 Å². The summed E-state index contributed by atoms with van der Waals surface area (Å²) < 4.78 is 16.1. The fraction of sp³-hybridized carbons (Fsp3) is 0.250. The molecule has 6 heteroatoms. The van der Waals surface area contributed by atoms with Gasteiger partial charge in [-0.3, -0.25) is 0 Å². The second-order valence-corrected chi connectivity index (χ2v) is 7.16. The lowest BCUT2D eigenvalue weighted by Crippen LogP contribution is -2.48. The topological polar surface area (TPSA) is 75.6 Å². The summed E-state index contributed by atoms with van der Waals surface area (Å²) in [6.45, 7) is 2.61. The van der Waals surface area contributed by atoms with E-state index in [1.807, 2.05) is 35.8 Å². The molecule has 1 spiro atoms. The van der Waals surface area contributed by atoms with Gasteiger partial charge in [0.15, 0.2) is 5.88 Å². The van der Waals surface area contributed by atoms with Gasteiger partial charge in [0.1, 0.15) is 17.3 Å². The van der Waals surface area contributed by atoms with E-state index in [4.69, 9.17) is 5.73 Å². The van der Waals surface area contributed by atoms with Crippen LogP contribution in [-0.4, -0.2) is 21.2 Å². The molecule has 3 aromatic rings. The molecule has 4 N–H and O–H groups in total. The lowest BCUT2D eigenvalue weighted by Gasteiger charge is -2.39. The molecule has 26 heavy (non-hydrogen) atoms. The molecule has 5 rings (SSSR count). The van der Waals surface area contributed by atoms with Crippen molar-refractivity contribution in [2.75, 3.05) is 5.32 Å². The van der Waals surface area contributed by atoms with E-state index in [1.165, 1.54) is 6.07 Å². The minimum atomic E-state index is -0.623. The number of nitrogens with zero attached hydrogens (tertiary/aromatic N) is 2. The van der Waals surface area contributed by atoms with Crippen LogP contribution in [0.25, 0.3) is 10.8 Å². The molecule has 132 valence electrons. The Morgan fingerprint density at radius 2 is 2.08 bits per heavy atom. The maximum absolute atomic E-state index is 14.1. The van der Waals surface area contributed by atoms with Crippen molar-refractivity contribution < 1.29 is 9.50 Å². The number of aliphatic imine (C=N–C) groups is 1. The van der Waals surface area contributed by atoms with Crippen molar-refractivity contribution in [2.45, 2.75) is 32.0 Å². The summed E-state index contributed by atoms with van der Waals surface area (Å²) in [5.74, 6) is 0.160. The van der Waals surface area contributed by atoms with Crippen molar-refractivity contribution in [3.63, 3.8) is 0 Å². The first-order valence-corrected chi connectivity index (χ1v) is 8.71. The SMILES string of the molecule is Cc1cccc2c3n(c(O)c12)CC[C@]1(C3)N=C(N)c2c(F)cccc2N1. The fourth-order valence-electron chi connectivity index (χ4n) is 4.36. The number of aryl methyl sites for hydroxylation is 1. The van der Waals surface area contributed by atoms with Crippen LogP contribution in [0, 0.1) is 12.7 Å². The lowest BCUT2D eigenvalue weighted by molar-refractivity contribution is 0.331.